The van der Waals surface area contributed by atoms with Gasteiger partial charge in [0.1, 0.15) is 11.4 Å². The average molecular weight is 380 g/mol. The van der Waals surface area contributed by atoms with E-state index in [9.17, 15) is 14.0 Å². The highest BCUT2D eigenvalue weighted by atomic mass is 19.1. The van der Waals surface area contributed by atoms with E-state index in [1.165, 1.54) is 29.3 Å². The van der Waals surface area contributed by atoms with Crippen LogP contribution < -0.4 is 10.6 Å². The number of rotatable bonds is 6. The number of benzene rings is 2. The average Bonchev–Trinajstić information content (AvgIpc) is 3.30. The van der Waals surface area contributed by atoms with E-state index < -0.39 is 11.7 Å². The number of hydrogen-bond donors (Lipinski definition) is 2. The lowest BCUT2D eigenvalue weighted by Crippen LogP contribution is -2.35. The van der Waals surface area contributed by atoms with E-state index in [2.05, 4.69) is 22.8 Å². The Morgan fingerprint density at radius 3 is 2.61 bits per heavy atom. The molecule has 2 amide bonds. The predicted molar refractivity (Wildman–Crippen MR) is 104 cm³/mol. The molecule has 1 heterocycles. The van der Waals surface area contributed by atoms with Gasteiger partial charge in [0.05, 0.1) is 18.2 Å². The van der Waals surface area contributed by atoms with E-state index in [1.807, 2.05) is 0 Å². The van der Waals surface area contributed by atoms with Crippen molar-refractivity contribution in [2.75, 3.05) is 13.1 Å². The first-order chi connectivity index (χ1) is 13.6. The minimum absolute atomic E-state index is 0.00812. The van der Waals surface area contributed by atoms with Crippen LogP contribution in [0.3, 0.4) is 0 Å². The second kappa shape index (κ2) is 7.84. The maximum absolute atomic E-state index is 13.6. The summed E-state index contributed by atoms with van der Waals surface area (Å²) in [5.41, 5.74) is 4.35. The van der Waals surface area contributed by atoms with Crippen molar-refractivity contribution in [3.8, 4) is 0 Å². The van der Waals surface area contributed by atoms with E-state index >= 15 is 0 Å². The fourth-order valence-electron chi connectivity index (χ4n) is 3.64. The van der Waals surface area contributed by atoms with Gasteiger partial charge in [-0.15, -0.1) is 0 Å². The number of amides is 2. The van der Waals surface area contributed by atoms with Gasteiger partial charge in [-0.25, -0.2) is 4.39 Å². The molecule has 0 atom stereocenters. The van der Waals surface area contributed by atoms with Crippen molar-refractivity contribution >= 4 is 22.8 Å². The van der Waals surface area contributed by atoms with Crippen LogP contribution in [0.5, 0.6) is 0 Å². The lowest BCUT2D eigenvalue weighted by molar-refractivity contribution is -0.120. The monoisotopic (exact) mass is 380 g/mol. The summed E-state index contributed by atoms with van der Waals surface area (Å²) in [7, 11) is 0. The van der Waals surface area contributed by atoms with Crippen molar-refractivity contribution in [1.82, 2.24) is 10.6 Å². The number of nitrogens with one attached hydrogen (secondary N) is 2. The Balaban J connectivity index is 1.29. The minimum atomic E-state index is -0.567. The van der Waals surface area contributed by atoms with Gasteiger partial charge in [-0.3, -0.25) is 9.59 Å². The molecule has 0 bridgehead atoms. The van der Waals surface area contributed by atoms with Crippen LogP contribution in [0.1, 0.15) is 33.5 Å². The van der Waals surface area contributed by atoms with Gasteiger partial charge in [-0.05, 0) is 54.7 Å². The minimum Gasteiger partial charge on any atom is -0.464 e. The van der Waals surface area contributed by atoms with Gasteiger partial charge in [-0.2, -0.15) is 0 Å². The van der Waals surface area contributed by atoms with E-state index in [4.69, 9.17) is 4.42 Å². The number of furan rings is 1. The Bertz CT molecular complexity index is 1040. The van der Waals surface area contributed by atoms with Crippen molar-refractivity contribution in [1.29, 1.82) is 0 Å². The summed E-state index contributed by atoms with van der Waals surface area (Å²) < 4.78 is 19.2. The molecule has 0 fully saturated rings. The predicted octanol–water partition coefficient (Wildman–Crippen LogP) is 3.15. The Labute approximate surface area is 161 Å². The summed E-state index contributed by atoms with van der Waals surface area (Å²) in [6, 6.07) is 10.0. The zero-order chi connectivity index (χ0) is 19.5. The van der Waals surface area contributed by atoms with E-state index in [-0.39, 0.29) is 31.0 Å². The third-order valence-corrected chi connectivity index (χ3v) is 5.07. The second-order valence-corrected chi connectivity index (χ2v) is 6.99. The van der Waals surface area contributed by atoms with E-state index in [0.29, 0.717) is 0 Å². The van der Waals surface area contributed by atoms with Crippen molar-refractivity contribution in [2.24, 2.45) is 0 Å². The third-order valence-electron chi connectivity index (χ3n) is 5.07. The van der Waals surface area contributed by atoms with Crippen LogP contribution in [0, 0.1) is 5.82 Å². The molecule has 0 saturated carbocycles. The van der Waals surface area contributed by atoms with E-state index in [1.54, 1.807) is 12.3 Å². The summed E-state index contributed by atoms with van der Waals surface area (Å²) >= 11 is 0. The van der Waals surface area contributed by atoms with Crippen molar-refractivity contribution in [2.45, 2.75) is 25.7 Å². The number of carbonyl (C=O) groups excluding carboxylic acids is 2. The summed E-state index contributed by atoms with van der Waals surface area (Å²) in [6.07, 6.45) is 5.17. The lowest BCUT2D eigenvalue weighted by atomic mass is 10.0. The first-order valence-electron chi connectivity index (χ1n) is 9.43. The van der Waals surface area contributed by atoms with Gasteiger partial charge in [0, 0.05) is 24.0 Å². The van der Waals surface area contributed by atoms with E-state index in [0.717, 1.165) is 35.8 Å². The van der Waals surface area contributed by atoms with Crippen LogP contribution >= 0.6 is 0 Å². The molecule has 0 aliphatic heterocycles. The Morgan fingerprint density at radius 1 is 1.04 bits per heavy atom. The fraction of sp³-hybridized carbons (Fsp3) is 0.273. The zero-order valence-corrected chi connectivity index (χ0v) is 15.4. The molecule has 0 radical (unpaired) electrons. The van der Waals surface area contributed by atoms with Crippen LogP contribution in [0.4, 0.5) is 4.39 Å². The van der Waals surface area contributed by atoms with Crippen LogP contribution in [-0.2, 0) is 24.1 Å². The number of fused-ring (bicyclic) bond motifs is 2. The number of aryl methyl sites for hydroxylation is 2. The number of hydrogen-bond acceptors (Lipinski definition) is 3. The van der Waals surface area contributed by atoms with Crippen molar-refractivity contribution in [3.05, 3.63) is 70.7 Å². The third kappa shape index (κ3) is 3.76. The maximum Gasteiger partial charge on any atom is 0.254 e. The molecule has 1 aliphatic carbocycles. The topological polar surface area (TPSA) is 71.3 Å². The molecule has 3 aromatic rings. The molecule has 5 nitrogen and oxygen atoms in total. The van der Waals surface area contributed by atoms with Gasteiger partial charge < -0.3 is 15.1 Å². The molecular weight excluding hydrogens is 359 g/mol. The molecule has 6 heteroatoms. The van der Waals surface area contributed by atoms with Crippen LogP contribution in [0.25, 0.3) is 11.0 Å². The summed E-state index contributed by atoms with van der Waals surface area (Å²) in [5.74, 6) is -1.22. The smallest absolute Gasteiger partial charge is 0.254 e. The molecule has 144 valence electrons. The van der Waals surface area contributed by atoms with Gasteiger partial charge in [0.2, 0.25) is 5.91 Å². The first kappa shape index (κ1) is 18.2. The van der Waals surface area contributed by atoms with Crippen LogP contribution in [-0.4, -0.2) is 24.9 Å². The molecule has 0 unspecified atom stereocenters. The number of halogens is 1. The molecule has 2 N–H and O–H groups in total. The molecule has 28 heavy (non-hydrogen) atoms. The lowest BCUT2D eigenvalue weighted by Gasteiger charge is -2.07. The van der Waals surface area contributed by atoms with Gasteiger partial charge >= 0.3 is 0 Å². The largest absolute Gasteiger partial charge is 0.464 e. The molecular formula is C22H21FN2O3. The Hall–Kier alpha value is -3.15. The highest BCUT2D eigenvalue weighted by Gasteiger charge is 2.16. The summed E-state index contributed by atoms with van der Waals surface area (Å²) in [6.45, 7) is 0.489. The SMILES string of the molecule is O=C(Cc1coc2cc3c(cc12)CCC3)NCCNC(=O)c1ccccc1F. The molecule has 1 aromatic heterocycles. The van der Waals surface area contributed by atoms with Gasteiger partial charge in [0.15, 0.2) is 0 Å². The highest BCUT2D eigenvalue weighted by Crippen LogP contribution is 2.30. The second-order valence-electron chi connectivity index (χ2n) is 6.99. The molecule has 0 spiro atoms. The van der Waals surface area contributed by atoms with Gasteiger partial charge in [-0.1, -0.05) is 12.1 Å². The molecule has 1 aliphatic rings. The summed E-state index contributed by atoms with van der Waals surface area (Å²) in [4.78, 5) is 24.2. The fourth-order valence-corrected chi connectivity index (χ4v) is 3.64. The van der Waals surface area contributed by atoms with Crippen molar-refractivity contribution < 1.29 is 18.4 Å². The standard InChI is InChI=1S/C22H21FN2O3/c23-19-7-2-1-6-17(19)22(27)25-9-8-24-21(26)12-16-13-28-20-11-15-5-3-4-14(15)10-18(16)20/h1-2,6-7,10-11,13H,3-5,8-9,12H2,(H,24,26)(H,25,27). The first-order valence-corrected chi connectivity index (χ1v) is 9.43. The summed E-state index contributed by atoms with van der Waals surface area (Å²) in [5, 5.41) is 6.36. The van der Waals surface area contributed by atoms with Crippen molar-refractivity contribution in [3.63, 3.8) is 0 Å². The Kier molecular flexibility index (Phi) is 5.10. The molecule has 2 aromatic carbocycles. The number of carbonyl (C=O) groups is 2. The Morgan fingerprint density at radius 2 is 1.79 bits per heavy atom. The highest BCUT2D eigenvalue weighted by molar-refractivity contribution is 5.94. The molecule has 4 rings (SSSR count). The van der Waals surface area contributed by atoms with Gasteiger partial charge in [0.25, 0.3) is 5.91 Å². The molecule has 0 saturated heterocycles. The van der Waals surface area contributed by atoms with Crippen LogP contribution in [0.15, 0.2) is 47.1 Å². The zero-order valence-electron chi connectivity index (χ0n) is 15.4. The maximum atomic E-state index is 13.6. The normalized spacial score (nSPS) is 12.8. The quantitative estimate of drug-likeness (QED) is 0.646. The van der Waals surface area contributed by atoms with Crippen LogP contribution in [0.2, 0.25) is 0 Å².